The lowest BCUT2D eigenvalue weighted by Crippen LogP contribution is -2.43. The third-order valence-corrected chi connectivity index (χ3v) is 4.61. The summed E-state index contributed by atoms with van der Waals surface area (Å²) >= 11 is 0. The van der Waals surface area contributed by atoms with Crippen molar-refractivity contribution in [3.63, 3.8) is 0 Å². The molecule has 1 aromatic carbocycles. The first-order chi connectivity index (χ1) is 8.83. The molecule has 0 radical (unpaired) electrons. The molecule has 1 aromatic rings. The zero-order chi connectivity index (χ0) is 12.4. The Morgan fingerprint density at radius 2 is 2.06 bits per heavy atom. The Kier molecular flexibility index (Phi) is 3.67. The summed E-state index contributed by atoms with van der Waals surface area (Å²) in [7, 11) is 2.30. The van der Waals surface area contributed by atoms with E-state index in [0.29, 0.717) is 0 Å². The van der Waals surface area contributed by atoms with Crippen LogP contribution in [0.1, 0.15) is 30.4 Å². The molecule has 1 saturated heterocycles. The molecule has 2 heteroatoms. The Morgan fingerprint density at radius 1 is 1.22 bits per heavy atom. The molecule has 0 amide bonds. The highest BCUT2D eigenvalue weighted by Crippen LogP contribution is 2.24. The van der Waals surface area contributed by atoms with E-state index in [-0.39, 0.29) is 0 Å². The van der Waals surface area contributed by atoms with Crippen molar-refractivity contribution in [2.24, 2.45) is 0 Å². The molecule has 2 aliphatic rings. The summed E-state index contributed by atoms with van der Waals surface area (Å²) in [6.07, 6.45) is 6.52. The maximum absolute atomic E-state index is 3.60. The van der Waals surface area contributed by atoms with Gasteiger partial charge in [0.25, 0.3) is 0 Å². The molecule has 2 atom stereocenters. The summed E-state index contributed by atoms with van der Waals surface area (Å²) in [6, 6.07) is 10.4. The summed E-state index contributed by atoms with van der Waals surface area (Å²) in [5.41, 5.74) is 3.14. The van der Waals surface area contributed by atoms with Crippen molar-refractivity contribution in [3.8, 4) is 0 Å². The second-order valence-electron chi connectivity index (χ2n) is 5.90. The van der Waals surface area contributed by atoms with E-state index in [4.69, 9.17) is 0 Å². The Bertz CT molecular complexity index is 396. The molecule has 1 fully saturated rings. The molecular formula is C16H24N2. The van der Waals surface area contributed by atoms with E-state index in [9.17, 15) is 0 Å². The van der Waals surface area contributed by atoms with E-state index in [2.05, 4.69) is 41.5 Å². The van der Waals surface area contributed by atoms with Crippen LogP contribution in [0.3, 0.4) is 0 Å². The van der Waals surface area contributed by atoms with E-state index in [1.807, 2.05) is 0 Å². The Balaban J connectivity index is 1.60. The molecule has 0 bridgehead atoms. The molecular weight excluding hydrogens is 220 g/mol. The third-order valence-electron chi connectivity index (χ3n) is 4.61. The van der Waals surface area contributed by atoms with Gasteiger partial charge in [0, 0.05) is 18.6 Å². The molecule has 98 valence electrons. The Labute approximate surface area is 110 Å². The van der Waals surface area contributed by atoms with E-state index < -0.39 is 0 Å². The third kappa shape index (κ3) is 2.60. The van der Waals surface area contributed by atoms with Crippen LogP contribution >= 0.6 is 0 Å². The second kappa shape index (κ2) is 5.41. The van der Waals surface area contributed by atoms with Gasteiger partial charge in [-0.15, -0.1) is 0 Å². The highest BCUT2D eigenvalue weighted by Gasteiger charge is 2.24. The predicted octanol–water partition coefficient (Wildman–Crippen LogP) is 2.23. The number of hydrogen-bond donors (Lipinski definition) is 1. The summed E-state index contributed by atoms with van der Waals surface area (Å²) in [4.78, 5) is 2.58. The van der Waals surface area contributed by atoms with Crippen molar-refractivity contribution >= 4 is 0 Å². The number of likely N-dealkylation sites (N-methyl/N-ethyl adjacent to an activating group) is 1. The number of rotatable bonds is 3. The number of nitrogens with zero attached hydrogens (tertiary/aromatic N) is 1. The van der Waals surface area contributed by atoms with Crippen molar-refractivity contribution < 1.29 is 0 Å². The van der Waals surface area contributed by atoms with Crippen molar-refractivity contribution in [2.45, 2.75) is 44.2 Å². The Morgan fingerprint density at radius 3 is 2.83 bits per heavy atom. The molecule has 0 spiro atoms. The molecule has 18 heavy (non-hydrogen) atoms. The minimum absolute atomic E-state index is 0.729. The lowest BCUT2D eigenvalue weighted by molar-refractivity contribution is 0.204. The molecule has 1 aliphatic carbocycles. The lowest BCUT2D eigenvalue weighted by Gasteiger charge is -2.34. The summed E-state index contributed by atoms with van der Waals surface area (Å²) in [6.45, 7) is 2.43. The van der Waals surface area contributed by atoms with E-state index in [1.165, 1.54) is 45.2 Å². The van der Waals surface area contributed by atoms with Crippen LogP contribution in [-0.2, 0) is 12.8 Å². The van der Waals surface area contributed by atoms with Gasteiger partial charge in [-0.05, 0) is 56.8 Å². The largest absolute Gasteiger partial charge is 0.313 e. The summed E-state index contributed by atoms with van der Waals surface area (Å²) in [5.74, 6) is 0. The van der Waals surface area contributed by atoms with Gasteiger partial charge in [0.15, 0.2) is 0 Å². The fraction of sp³-hybridized carbons (Fsp3) is 0.625. The van der Waals surface area contributed by atoms with Crippen molar-refractivity contribution in [2.75, 3.05) is 20.1 Å². The lowest BCUT2D eigenvalue weighted by atomic mass is 9.87. The van der Waals surface area contributed by atoms with Gasteiger partial charge in [0.1, 0.15) is 0 Å². The SMILES string of the molecule is CN(CC1CCCN1)C1CCc2ccccc2C1. The summed E-state index contributed by atoms with van der Waals surface area (Å²) < 4.78 is 0. The standard InChI is InChI=1S/C16H24N2/c1-18(12-15-7-4-10-17-15)16-9-8-13-5-2-3-6-14(13)11-16/h2-3,5-6,15-17H,4,7-12H2,1H3. The molecule has 1 aliphatic heterocycles. The first-order valence-electron chi connectivity index (χ1n) is 7.33. The van der Waals surface area contributed by atoms with Gasteiger partial charge in [-0.2, -0.15) is 0 Å². The monoisotopic (exact) mass is 244 g/mol. The van der Waals surface area contributed by atoms with Gasteiger partial charge >= 0.3 is 0 Å². The van der Waals surface area contributed by atoms with Crippen LogP contribution in [0, 0.1) is 0 Å². The number of hydrogen-bond acceptors (Lipinski definition) is 2. The van der Waals surface area contributed by atoms with E-state index in [0.717, 1.165) is 12.1 Å². The fourth-order valence-corrected chi connectivity index (χ4v) is 3.46. The maximum atomic E-state index is 3.60. The fourth-order valence-electron chi connectivity index (χ4n) is 3.46. The molecule has 2 unspecified atom stereocenters. The van der Waals surface area contributed by atoms with Gasteiger partial charge < -0.3 is 10.2 Å². The van der Waals surface area contributed by atoms with Crippen LogP contribution in [0.2, 0.25) is 0 Å². The molecule has 0 saturated carbocycles. The Hall–Kier alpha value is -0.860. The van der Waals surface area contributed by atoms with Crippen LogP contribution in [-0.4, -0.2) is 37.1 Å². The van der Waals surface area contributed by atoms with Crippen LogP contribution in [0.15, 0.2) is 24.3 Å². The van der Waals surface area contributed by atoms with Crippen molar-refractivity contribution in [1.82, 2.24) is 10.2 Å². The van der Waals surface area contributed by atoms with E-state index in [1.54, 1.807) is 11.1 Å². The van der Waals surface area contributed by atoms with Gasteiger partial charge in [-0.1, -0.05) is 24.3 Å². The van der Waals surface area contributed by atoms with Gasteiger partial charge in [0.2, 0.25) is 0 Å². The van der Waals surface area contributed by atoms with Crippen molar-refractivity contribution in [1.29, 1.82) is 0 Å². The van der Waals surface area contributed by atoms with Gasteiger partial charge in [0.05, 0.1) is 0 Å². The minimum atomic E-state index is 0.729. The molecule has 1 N–H and O–H groups in total. The van der Waals surface area contributed by atoms with Crippen LogP contribution < -0.4 is 5.32 Å². The smallest absolute Gasteiger partial charge is 0.0195 e. The van der Waals surface area contributed by atoms with E-state index >= 15 is 0 Å². The van der Waals surface area contributed by atoms with Gasteiger partial charge in [-0.25, -0.2) is 0 Å². The molecule has 0 aromatic heterocycles. The topological polar surface area (TPSA) is 15.3 Å². The molecule has 1 heterocycles. The normalized spacial score (nSPS) is 27.4. The predicted molar refractivity (Wildman–Crippen MR) is 75.9 cm³/mol. The highest BCUT2D eigenvalue weighted by atomic mass is 15.2. The van der Waals surface area contributed by atoms with Crippen LogP contribution in [0.5, 0.6) is 0 Å². The number of aryl methyl sites for hydroxylation is 1. The minimum Gasteiger partial charge on any atom is -0.313 e. The maximum Gasteiger partial charge on any atom is 0.0195 e. The zero-order valence-electron chi connectivity index (χ0n) is 11.4. The van der Waals surface area contributed by atoms with Crippen LogP contribution in [0.4, 0.5) is 0 Å². The molecule has 2 nitrogen and oxygen atoms in total. The average molecular weight is 244 g/mol. The van der Waals surface area contributed by atoms with Crippen molar-refractivity contribution in [3.05, 3.63) is 35.4 Å². The number of fused-ring (bicyclic) bond motifs is 1. The molecule has 3 rings (SSSR count). The zero-order valence-corrected chi connectivity index (χ0v) is 11.4. The average Bonchev–Trinajstić information content (AvgIpc) is 2.91. The number of nitrogens with one attached hydrogen (secondary N) is 1. The first kappa shape index (κ1) is 12.2. The quantitative estimate of drug-likeness (QED) is 0.877. The highest BCUT2D eigenvalue weighted by molar-refractivity contribution is 5.30. The van der Waals surface area contributed by atoms with Gasteiger partial charge in [-0.3, -0.25) is 0 Å². The summed E-state index contributed by atoms with van der Waals surface area (Å²) in [5, 5.41) is 3.60. The first-order valence-corrected chi connectivity index (χ1v) is 7.33. The second-order valence-corrected chi connectivity index (χ2v) is 5.90. The van der Waals surface area contributed by atoms with Crippen LogP contribution in [0.25, 0.3) is 0 Å². The number of benzene rings is 1.